The first-order valence-electron chi connectivity index (χ1n) is 7.40. The minimum atomic E-state index is 0. The first kappa shape index (κ1) is 17.8. The Hall–Kier alpha value is -1.26. The van der Waals surface area contributed by atoms with Crippen molar-refractivity contribution in [1.82, 2.24) is 0 Å². The standard InChI is InChI=1S/C16H24N2O2.ClH/c1-3-20-13-7-8-15(11(2)9-13)18-16(19)14-6-4-5-12(14)10-17;/h7-9,12,14H,3-6,10,17H2,1-2H3,(H,18,19);1H/t12-,14-;/m1./s1. The highest BCUT2D eigenvalue weighted by Crippen LogP contribution is 2.32. The number of nitrogens with one attached hydrogen (secondary N) is 1. The van der Waals surface area contributed by atoms with Crippen LogP contribution in [0, 0.1) is 18.8 Å². The van der Waals surface area contributed by atoms with Crippen LogP contribution in [0.4, 0.5) is 5.69 Å². The molecule has 1 amide bonds. The van der Waals surface area contributed by atoms with E-state index >= 15 is 0 Å². The van der Waals surface area contributed by atoms with E-state index in [-0.39, 0.29) is 24.2 Å². The topological polar surface area (TPSA) is 64.3 Å². The maximum atomic E-state index is 12.3. The van der Waals surface area contributed by atoms with Gasteiger partial charge in [0.25, 0.3) is 0 Å². The third kappa shape index (κ3) is 4.35. The molecule has 0 unspecified atom stereocenters. The van der Waals surface area contributed by atoms with Crippen LogP contribution in [0.5, 0.6) is 5.75 Å². The van der Waals surface area contributed by atoms with Gasteiger partial charge in [0, 0.05) is 11.6 Å². The maximum Gasteiger partial charge on any atom is 0.227 e. The minimum absolute atomic E-state index is 0. The zero-order valence-corrected chi connectivity index (χ0v) is 13.5. The fourth-order valence-corrected chi connectivity index (χ4v) is 2.92. The normalized spacial score (nSPS) is 20.7. The van der Waals surface area contributed by atoms with E-state index in [1.165, 1.54) is 0 Å². The van der Waals surface area contributed by atoms with Gasteiger partial charge in [0.15, 0.2) is 0 Å². The van der Waals surface area contributed by atoms with Gasteiger partial charge in [0.05, 0.1) is 6.61 Å². The maximum absolute atomic E-state index is 12.3. The number of amides is 1. The van der Waals surface area contributed by atoms with Crippen LogP contribution in [0.2, 0.25) is 0 Å². The lowest BCUT2D eigenvalue weighted by Gasteiger charge is -2.18. The number of hydrogen-bond donors (Lipinski definition) is 2. The zero-order valence-electron chi connectivity index (χ0n) is 12.7. The Kier molecular flexibility index (Phi) is 6.99. The number of benzene rings is 1. The molecule has 1 saturated carbocycles. The number of carbonyl (C=O) groups excluding carboxylic acids is 1. The number of hydrogen-bond acceptors (Lipinski definition) is 3. The van der Waals surface area contributed by atoms with Crippen molar-refractivity contribution < 1.29 is 9.53 Å². The molecule has 0 heterocycles. The lowest BCUT2D eigenvalue weighted by Crippen LogP contribution is -2.29. The van der Waals surface area contributed by atoms with Crippen molar-refractivity contribution in [2.45, 2.75) is 33.1 Å². The second-order valence-corrected chi connectivity index (χ2v) is 5.43. The average Bonchev–Trinajstić information content (AvgIpc) is 2.90. The summed E-state index contributed by atoms with van der Waals surface area (Å²) in [4.78, 5) is 12.3. The van der Waals surface area contributed by atoms with Crippen LogP contribution >= 0.6 is 12.4 Å². The van der Waals surface area contributed by atoms with E-state index < -0.39 is 0 Å². The van der Waals surface area contributed by atoms with Gasteiger partial charge in [-0.15, -0.1) is 12.4 Å². The molecule has 1 aliphatic carbocycles. The van der Waals surface area contributed by atoms with Crippen LogP contribution in [0.3, 0.4) is 0 Å². The van der Waals surface area contributed by atoms with Gasteiger partial charge in [-0.25, -0.2) is 0 Å². The summed E-state index contributed by atoms with van der Waals surface area (Å²) >= 11 is 0. The Bertz CT molecular complexity index is 479. The molecule has 21 heavy (non-hydrogen) atoms. The molecule has 0 spiro atoms. The summed E-state index contributed by atoms with van der Waals surface area (Å²) in [7, 11) is 0. The summed E-state index contributed by atoms with van der Waals surface area (Å²) in [5.74, 6) is 1.33. The van der Waals surface area contributed by atoms with E-state index in [2.05, 4.69) is 5.32 Å². The fraction of sp³-hybridized carbons (Fsp3) is 0.562. The largest absolute Gasteiger partial charge is 0.494 e. The smallest absolute Gasteiger partial charge is 0.227 e. The third-order valence-electron chi connectivity index (χ3n) is 4.07. The van der Waals surface area contributed by atoms with Crippen LogP contribution in [0.15, 0.2) is 18.2 Å². The summed E-state index contributed by atoms with van der Waals surface area (Å²) in [5, 5.41) is 3.04. The molecule has 0 saturated heterocycles. The van der Waals surface area contributed by atoms with E-state index in [1.54, 1.807) is 0 Å². The highest BCUT2D eigenvalue weighted by Gasteiger charge is 2.32. The van der Waals surface area contributed by atoms with Gasteiger partial charge in [0.1, 0.15) is 5.75 Å². The van der Waals surface area contributed by atoms with Crippen LogP contribution in [0.1, 0.15) is 31.7 Å². The quantitative estimate of drug-likeness (QED) is 0.878. The molecule has 2 atom stereocenters. The number of carbonyl (C=O) groups is 1. The van der Waals surface area contributed by atoms with Crippen LogP contribution in [0.25, 0.3) is 0 Å². The molecule has 1 aromatic rings. The van der Waals surface area contributed by atoms with Crippen molar-refractivity contribution in [3.05, 3.63) is 23.8 Å². The molecule has 4 nitrogen and oxygen atoms in total. The second kappa shape index (κ2) is 8.25. The second-order valence-electron chi connectivity index (χ2n) is 5.43. The number of halogens is 1. The summed E-state index contributed by atoms with van der Waals surface area (Å²) in [5.41, 5.74) is 7.62. The van der Waals surface area contributed by atoms with Gasteiger partial charge < -0.3 is 15.8 Å². The van der Waals surface area contributed by atoms with Gasteiger partial charge in [-0.1, -0.05) is 6.42 Å². The molecule has 1 fully saturated rings. The first-order chi connectivity index (χ1) is 9.65. The van der Waals surface area contributed by atoms with Crippen LogP contribution in [-0.2, 0) is 4.79 Å². The molecular weight excluding hydrogens is 288 g/mol. The van der Waals surface area contributed by atoms with Crippen LogP contribution < -0.4 is 15.8 Å². The Labute approximate surface area is 132 Å². The SMILES string of the molecule is CCOc1ccc(NC(=O)[C@@H]2CCC[C@@H]2CN)c(C)c1.Cl. The lowest BCUT2D eigenvalue weighted by molar-refractivity contribution is -0.120. The third-order valence-corrected chi connectivity index (χ3v) is 4.07. The van der Waals surface area contributed by atoms with Gasteiger partial charge in [-0.05, 0) is 62.9 Å². The van der Waals surface area contributed by atoms with E-state index in [9.17, 15) is 4.79 Å². The average molecular weight is 313 g/mol. The summed E-state index contributed by atoms with van der Waals surface area (Å²) in [6, 6.07) is 5.75. The molecule has 1 aromatic carbocycles. The molecule has 5 heteroatoms. The van der Waals surface area contributed by atoms with E-state index in [0.717, 1.165) is 36.3 Å². The summed E-state index contributed by atoms with van der Waals surface area (Å²) in [6.07, 6.45) is 3.11. The van der Waals surface area contributed by atoms with Crippen molar-refractivity contribution in [1.29, 1.82) is 0 Å². The van der Waals surface area contributed by atoms with Crippen molar-refractivity contribution >= 4 is 24.0 Å². The monoisotopic (exact) mass is 312 g/mol. The van der Waals surface area contributed by atoms with Gasteiger partial charge in [-0.2, -0.15) is 0 Å². The highest BCUT2D eigenvalue weighted by atomic mass is 35.5. The lowest BCUT2D eigenvalue weighted by atomic mass is 9.95. The van der Waals surface area contributed by atoms with E-state index in [0.29, 0.717) is 19.1 Å². The van der Waals surface area contributed by atoms with Crippen molar-refractivity contribution in [2.24, 2.45) is 17.6 Å². The predicted molar refractivity (Wildman–Crippen MR) is 88.1 cm³/mol. The molecule has 1 aliphatic rings. The Morgan fingerprint density at radius 3 is 2.81 bits per heavy atom. The molecule has 3 N–H and O–H groups in total. The summed E-state index contributed by atoms with van der Waals surface area (Å²) in [6.45, 7) is 5.18. The van der Waals surface area contributed by atoms with E-state index in [4.69, 9.17) is 10.5 Å². The number of aryl methyl sites for hydroxylation is 1. The molecule has 118 valence electrons. The van der Waals surface area contributed by atoms with Crippen molar-refractivity contribution in [2.75, 3.05) is 18.5 Å². The molecule has 0 bridgehead atoms. The van der Waals surface area contributed by atoms with E-state index in [1.807, 2.05) is 32.0 Å². The Morgan fingerprint density at radius 2 is 2.19 bits per heavy atom. The first-order valence-corrected chi connectivity index (χ1v) is 7.40. The fourth-order valence-electron chi connectivity index (χ4n) is 2.92. The molecule has 0 aliphatic heterocycles. The van der Waals surface area contributed by atoms with Gasteiger partial charge >= 0.3 is 0 Å². The number of ether oxygens (including phenoxy) is 1. The van der Waals surface area contributed by atoms with Crippen LogP contribution in [-0.4, -0.2) is 19.1 Å². The van der Waals surface area contributed by atoms with Gasteiger partial charge in [-0.3, -0.25) is 4.79 Å². The zero-order chi connectivity index (χ0) is 14.5. The molecular formula is C16H25ClN2O2. The number of rotatable bonds is 5. The summed E-state index contributed by atoms with van der Waals surface area (Å²) < 4.78 is 5.45. The number of anilines is 1. The number of nitrogens with two attached hydrogens (primary N) is 1. The highest BCUT2D eigenvalue weighted by molar-refractivity contribution is 5.93. The van der Waals surface area contributed by atoms with Crippen molar-refractivity contribution in [3.8, 4) is 5.75 Å². The Morgan fingerprint density at radius 1 is 1.43 bits per heavy atom. The van der Waals surface area contributed by atoms with Gasteiger partial charge in [0.2, 0.25) is 5.91 Å². The molecule has 0 aromatic heterocycles. The predicted octanol–water partition coefficient (Wildman–Crippen LogP) is 3.13. The molecule has 2 rings (SSSR count). The minimum Gasteiger partial charge on any atom is -0.494 e. The van der Waals surface area contributed by atoms with Crippen molar-refractivity contribution in [3.63, 3.8) is 0 Å². The molecule has 0 radical (unpaired) electrons. The Balaban J connectivity index is 0.00000220.